The highest BCUT2D eigenvalue weighted by Gasteiger charge is 2.38. The third-order valence-corrected chi connectivity index (χ3v) is 6.00. The molecular weight excluding hydrogens is 311 g/mol. The van der Waals surface area contributed by atoms with Crippen molar-refractivity contribution in [1.29, 1.82) is 0 Å². The van der Waals surface area contributed by atoms with Crippen molar-refractivity contribution < 1.29 is 12.8 Å². The van der Waals surface area contributed by atoms with E-state index < -0.39 is 15.8 Å². The minimum absolute atomic E-state index is 0.0718. The molecule has 0 spiro atoms. The summed E-state index contributed by atoms with van der Waals surface area (Å²) in [5, 5.41) is 0. The van der Waals surface area contributed by atoms with Crippen molar-refractivity contribution >= 4 is 27.2 Å². The molecule has 1 atom stereocenters. The second-order valence-electron chi connectivity index (χ2n) is 5.55. The number of nitrogens with zero attached hydrogens (tertiary/aromatic N) is 1. The van der Waals surface area contributed by atoms with Gasteiger partial charge < -0.3 is 5.73 Å². The SMILES string of the molecule is CC(C)C1CCCN1S(=O)(=O)c1cccc(F)c1C(N)=S. The Kier molecular flexibility index (Phi) is 4.65. The maximum atomic E-state index is 13.9. The molecule has 0 radical (unpaired) electrons. The van der Waals surface area contributed by atoms with Gasteiger partial charge in [0.15, 0.2) is 0 Å². The molecule has 0 aromatic heterocycles. The Hall–Kier alpha value is -1.05. The van der Waals surface area contributed by atoms with E-state index in [1.807, 2.05) is 13.8 Å². The molecule has 1 aliphatic heterocycles. The fourth-order valence-corrected chi connectivity index (χ4v) is 5.13. The van der Waals surface area contributed by atoms with Gasteiger partial charge in [-0.25, -0.2) is 12.8 Å². The second-order valence-corrected chi connectivity index (χ2v) is 7.85. The Morgan fingerprint density at radius 2 is 2.14 bits per heavy atom. The van der Waals surface area contributed by atoms with E-state index in [9.17, 15) is 12.8 Å². The Balaban J connectivity index is 2.55. The predicted molar refractivity (Wildman–Crippen MR) is 84.0 cm³/mol. The summed E-state index contributed by atoms with van der Waals surface area (Å²) < 4.78 is 41.1. The molecule has 1 aromatic carbocycles. The molecule has 4 nitrogen and oxygen atoms in total. The molecule has 0 bridgehead atoms. The molecule has 1 fully saturated rings. The maximum Gasteiger partial charge on any atom is 0.244 e. The highest BCUT2D eigenvalue weighted by atomic mass is 32.2. The molecule has 0 saturated carbocycles. The molecule has 116 valence electrons. The highest BCUT2D eigenvalue weighted by molar-refractivity contribution is 7.89. The van der Waals surface area contributed by atoms with Crippen molar-refractivity contribution in [2.75, 3.05) is 6.54 Å². The van der Waals surface area contributed by atoms with E-state index in [2.05, 4.69) is 0 Å². The number of sulfonamides is 1. The quantitative estimate of drug-likeness (QED) is 0.860. The minimum Gasteiger partial charge on any atom is -0.389 e. The number of thiocarbonyl (C=S) groups is 1. The van der Waals surface area contributed by atoms with Crippen LogP contribution < -0.4 is 5.73 Å². The molecule has 1 aliphatic rings. The van der Waals surface area contributed by atoms with E-state index >= 15 is 0 Å². The molecule has 7 heteroatoms. The van der Waals surface area contributed by atoms with Gasteiger partial charge in [0.05, 0.1) is 10.5 Å². The molecule has 0 aliphatic carbocycles. The normalized spacial score (nSPS) is 20.1. The first-order chi connectivity index (χ1) is 9.76. The van der Waals surface area contributed by atoms with Gasteiger partial charge in [0, 0.05) is 12.6 Å². The lowest BCUT2D eigenvalue weighted by Gasteiger charge is -2.27. The van der Waals surface area contributed by atoms with Gasteiger partial charge in [-0.1, -0.05) is 32.1 Å². The van der Waals surface area contributed by atoms with Crippen LogP contribution in [-0.2, 0) is 10.0 Å². The Morgan fingerprint density at radius 3 is 2.71 bits per heavy atom. The fraction of sp³-hybridized carbons (Fsp3) is 0.500. The van der Waals surface area contributed by atoms with Crippen LogP contribution in [0.1, 0.15) is 32.3 Å². The van der Waals surface area contributed by atoms with Crippen LogP contribution in [0.2, 0.25) is 0 Å². The summed E-state index contributed by atoms with van der Waals surface area (Å²) in [6.07, 6.45) is 1.62. The van der Waals surface area contributed by atoms with Gasteiger partial charge in [-0.05, 0) is 30.9 Å². The first-order valence-corrected chi connectivity index (χ1v) is 8.71. The number of benzene rings is 1. The molecule has 21 heavy (non-hydrogen) atoms. The Bertz CT molecular complexity index is 659. The van der Waals surface area contributed by atoms with E-state index in [0.29, 0.717) is 6.54 Å². The van der Waals surface area contributed by atoms with Crippen LogP contribution in [0.25, 0.3) is 0 Å². The molecule has 1 aromatic rings. The first-order valence-electron chi connectivity index (χ1n) is 6.87. The summed E-state index contributed by atoms with van der Waals surface area (Å²) in [7, 11) is -3.81. The van der Waals surface area contributed by atoms with Gasteiger partial charge >= 0.3 is 0 Å². The average Bonchev–Trinajstić information content (AvgIpc) is 2.87. The van der Waals surface area contributed by atoms with Crippen molar-refractivity contribution in [3.8, 4) is 0 Å². The third kappa shape index (κ3) is 2.95. The smallest absolute Gasteiger partial charge is 0.244 e. The predicted octanol–water partition coefficient (Wildman–Crippen LogP) is 2.27. The van der Waals surface area contributed by atoms with Crippen molar-refractivity contribution in [2.24, 2.45) is 11.7 Å². The molecule has 1 saturated heterocycles. The van der Waals surface area contributed by atoms with Crippen molar-refractivity contribution in [1.82, 2.24) is 4.31 Å². The fourth-order valence-electron chi connectivity index (χ4n) is 2.82. The van der Waals surface area contributed by atoms with E-state index in [1.54, 1.807) is 0 Å². The van der Waals surface area contributed by atoms with Gasteiger partial charge in [0.25, 0.3) is 0 Å². The zero-order chi connectivity index (χ0) is 15.8. The van der Waals surface area contributed by atoms with E-state index in [1.165, 1.54) is 16.4 Å². The van der Waals surface area contributed by atoms with Crippen molar-refractivity contribution in [3.63, 3.8) is 0 Å². The minimum atomic E-state index is -3.81. The monoisotopic (exact) mass is 330 g/mol. The Morgan fingerprint density at radius 1 is 1.48 bits per heavy atom. The maximum absolute atomic E-state index is 13.9. The lowest BCUT2D eigenvalue weighted by Crippen LogP contribution is -2.39. The number of nitrogens with two attached hydrogens (primary N) is 1. The number of halogens is 1. The first kappa shape index (κ1) is 16.3. The van der Waals surface area contributed by atoms with Crippen LogP contribution >= 0.6 is 12.2 Å². The molecule has 2 rings (SSSR count). The molecule has 0 amide bonds. The summed E-state index contributed by atoms with van der Waals surface area (Å²) in [6.45, 7) is 4.41. The van der Waals surface area contributed by atoms with E-state index in [0.717, 1.165) is 18.9 Å². The highest BCUT2D eigenvalue weighted by Crippen LogP contribution is 2.32. The summed E-state index contributed by atoms with van der Waals surface area (Å²) in [5.74, 6) is -0.506. The van der Waals surface area contributed by atoms with Gasteiger partial charge in [-0.15, -0.1) is 0 Å². The van der Waals surface area contributed by atoms with Crippen molar-refractivity contribution in [2.45, 2.75) is 37.6 Å². The largest absolute Gasteiger partial charge is 0.389 e. The second kappa shape index (κ2) is 5.98. The van der Waals surface area contributed by atoms with Crippen LogP contribution in [0.3, 0.4) is 0 Å². The van der Waals surface area contributed by atoms with Crippen molar-refractivity contribution in [3.05, 3.63) is 29.6 Å². The topological polar surface area (TPSA) is 63.4 Å². The van der Waals surface area contributed by atoms with Crippen LogP contribution in [-0.4, -0.2) is 30.3 Å². The number of hydrogen-bond acceptors (Lipinski definition) is 3. The summed E-state index contributed by atoms with van der Waals surface area (Å²) in [5.41, 5.74) is 5.32. The van der Waals surface area contributed by atoms with E-state index in [4.69, 9.17) is 18.0 Å². The summed E-state index contributed by atoms with van der Waals surface area (Å²) >= 11 is 4.82. The molecule has 1 heterocycles. The van der Waals surface area contributed by atoms with Gasteiger partial charge in [0.1, 0.15) is 10.8 Å². The number of hydrogen-bond donors (Lipinski definition) is 1. The lowest BCUT2D eigenvalue weighted by molar-refractivity contribution is 0.315. The molecule has 2 N–H and O–H groups in total. The van der Waals surface area contributed by atoms with Gasteiger partial charge in [0.2, 0.25) is 10.0 Å². The zero-order valence-electron chi connectivity index (χ0n) is 12.0. The summed E-state index contributed by atoms with van der Waals surface area (Å²) in [4.78, 5) is -0.380. The zero-order valence-corrected chi connectivity index (χ0v) is 13.7. The Labute approximate surface area is 130 Å². The third-order valence-electron chi connectivity index (χ3n) is 3.83. The average molecular weight is 330 g/mol. The van der Waals surface area contributed by atoms with Gasteiger partial charge in [-0.3, -0.25) is 0 Å². The standard InChI is InChI=1S/C14H19FN2O2S2/c1-9(2)11-6-4-8-17(11)21(18,19)12-7-3-5-10(15)13(12)14(16)20/h3,5,7,9,11H,4,6,8H2,1-2H3,(H2,16,20). The molecule has 1 unspecified atom stereocenters. The van der Waals surface area contributed by atoms with Crippen LogP contribution in [0.5, 0.6) is 0 Å². The van der Waals surface area contributed by atoms with Gasteiger partial charge in [-0.2, -0.15) is 4.31 Å². The lowest BCUT2D eigenvalue weighted by atomic mass is 10.0. The van der Waals surface area contributed by atoms with E-state index in [-0.39, 0.29) is 27.4 Å². The summed E-state index contributed by atoms with van der Waals surface area (Å²) in [6, 6.07) is 3.82. The van der Waals surface area contributed by atoms with Crippen LogP contribution in [0.4, 0.5) is 4.39 Å². The van der Waals surface area contributed by atoms with Crippen LogP contribution in [0.15, 0.2) is 23.1 Å². The molecular formula is C14H19FN2O2S2. The number of rotatable bonds is 4. The van der Waals surface area contributed by atoms with Crippen LogP contribution in [0, 0.1) is 11.7 Å².